The molecule has 4 aromatic carbocycles. The number of hydrogen-bond donors (Lipinski definition) is 1. The number of carbonyl (C=O) groups is 2. The first-order chi connectivity index (χ1) is 17.1. The maximum Gasteiger partial charge on any atom is 0.335 e. The van der Waals surface area contributed by atoms with Crippen LogP contribution in [-0.4, -0.2) is 28.4 Å². The number of benzene rings is 4. The summed E-state index contributed by atoms with van der Waals surface area (Å²) in [7, 11) is 0. The average molecular weight is 464 g/mol. The van der Waals surface area contributed by atoms with Crippen molar-refractivity contribution >= 4 is 11.9 Å². The van der Waals surface area contributed by atoms with E-state index in [1.807, 2.05) is 71.6 Å². The minimum absolute atomic E-state index is 0.128. The van der Waals surface area contributed by atoms with Crippen molar-refractivity contribution < 1.29 is 14.7 Å². The molecule has 0 bridgehead atoms. The highest BCUT2D eigenvalue weighted by Crippen LogP contribution is 2.23. The summed E-state index contributed by atoms with van der Waals surface area (Å²) < 4.78 is 0. The largest absolute Gasteiger partial charge is 0.478 e. The Balaban J connectivity index is 1.51. The molecule has 0 atom stereocenters. The van der Waals surface area contributed by atoms with Crippen LogP contribution in [0.1, 0.15) is 33.5 Å². The van der Waals surface area contributed by atoms with Crippen molar-refractivity contribution in [2.45, 2.75) is 25.8 Å². The van der Waals surface area contributed by atoms with E-state index in [-0.39, 0.29) is 11.5 Å². The molecule has 176 valence electrons. The lowest BCUT2D eigenvalue weighted by Gasteiger charge is -2.23. The second-order valence-corrected chi connectivity index (χ2v) is 8.62. The molecule has 1 N–H and O–H groups in total. The van der Waals surface area contributed by atoms with Gasteiger partial charge in [0.15, 0.2) is 0 Å². The summed E-state index contributed by atoms with van der Waals surface area (Å²) >= 11 is 0. The number of carbonyl (C=O) groups excluding carboxylic acids is 1. The Labute approximate surface area is 206 Å². The van der Waals surface area contributed by atoms with Crippen molar-refractivity contribution in [3.8, 4) is 11.1 Å². The van der Waals surface area contributed by atoms with Crippen LogP contribution in [0.3, 0.4) is 0 Å². The van der Waals surface area contributed by atoms with Crippen LogP contribution in [0.5, 0.6) is 0 Å². The van der Waals surface area contributed by atoms with E-state index in [4.69, 9.17) is 0 Å². The summed E-state index contributed by atoms with van der Waals surface area (Å²) in [6, 6.07) is 35.2. The van der Waals surface area contributed by atoms with Crippen molar-refractivity contribution in [1.29, 1.82) is 0 Å². The van der Waals surface area contributed by atoms with Crippen LogP contribution >= 0.6 is 0 Å². The summed E-state index contributed by atoms with van der Waals surface area (Å²) in [5.74, 6) is -0.817. The molecule has 0 aliphatic rings. The van der Waals surface area contributed by atoms with Gasteiger partial charge in [-0.05, 0) is 58.9 Å². The topological polar surface area (TPSA) is 57.6 Å². The number of rotatable bonds is 10. The molecule has 1 amide bonds. The molecular weight excluding hydrogens is 434 g/mol. The normalized spacial score (nSPS) is 10.6. The van der Waals surface area contributed by atoms with Crippen molar-refractivity contribution in [3.63, 3.8) is 0 Å². The van der Waals surface area contributed by atoms with Crippen LogP contribution in [0.2, 0.25) is 0 Å². The molecule has 0 aliphatic heterocycles. The summed E-state index contributed by atoms with van der Waals surface area (Å²) in [5.41, 5.74) is 5.41. The number of hydrogen-bond acceptors (Lipinski definition) is 2. The van der Waals surface area contributed by atoms with Gasteiger partial charge in [0.1, 0.15) is 0 Å². The number of aromatic carboxylic acids is 1. The minimum Gasteiger partial charge on any atom is -0.478 e. The first kappa shape index (κ1) is 24.0. The van der Waals surface area contributed by atoms with Crippen LogP contribution in [-0.2, 0) is 24.2 Å². The Morgan fingerprint density at radius 2 is 1.20 bits per heavy atom. The lowest BCUT2D eigenvalue weighted by Crippen LogP contribution is -2.32. The van der Waals surface area contributed by atoms with Gasteiger partial charge in [-0.15, -0.1) is 0 Å². The first-order valence-corrected chi connectivity index (χ1v) is 11.9. The molecule has 0 aromatic heterocycles. The molecular formula is C31H29NO3. The monoisotopic (exact) mass is 463 g/mol. The van der Waals surface area contributed by atoms with Crippen molar-refractivity contribution in [3.05, 3.63) is 131 Å². The van der Waals surface area contributed by atoms with E-state index in [9.17, 15) is 14.7 Å². The van der Waals surface area contributed by atoms with Gasteiger partial charge in [0.25, 0.3) is 0 Å². The highest BCUT2D eigenvalue weighted by Gasteiger charge is 2.15. The number of carboxylic acids is 1. The summed E-state index contributed by atoms with van der Waals surface area (Å²) in [5, 5.41) is 9.33. The van der Waals surface area contributed by atoms with Gasteiger partial charge < -0.3 is 10.0 Å². The van der Waals surface area contributed by atoms with Crippen molar-refractivity contribution in [2.75, 3.05) is 6.54 Å². The van der Waals surface area contributed by atoms with Crippen LogP contribution in [0.15, 0.2) is 109 Å². The lowest BCUT2D eigenvalue weighted by molar-refractivity contribution is -0.131. The van der Waals surface area contributed by atoms with E-state index < -0.39 is 5.97 Å². The average Bonchev–Trinajstić information content (AvgIpc) is 2.91. The van der Waals surface area contributed by atoms with Crippen LogP contribution in [0.4, 0.5) is 0 Å². The number of carboxylic acid groups (broad SMARTS) is 1. The molecule has 0 saturated carbocycles. The highest BCUT2D eigenvalue weighted by atomic mass is 16.4. The number of amides is 1. The molecule has 0 unspecified atom stereocenters. The maximum atomic E-state index is 13.3. The predicted octanol–water partition coefficient (Wildman–Crippen LogP) is 6.26. The van der Waals surface area contributed by atoms with Crippen molar-refractivity contribution in [2.24, 2.45) is 0 Å². The Bertz CT molecular complexity index is 1270. The zero-order chi connectivity index (χ0) is 24.5. The molecule has 4 rings (SSSR count). The van der Waals surface area contributed by atoms with Gasteiger partial charge in [-0.3, -0.25) is 4.79 Å². The van der Waals surface area contributed by atoms with E-state index in [0.717, 1.165) is 28.7 Å². The standard InChI is InChI=1S/C31H29NO3/c33-30(18-17-24-9-3-1-4-10-24)32(20-19-25-11-5-2-6-12-25)23-26-13-7-14-27(21-26)28-15-8-16-29(22-28)31(34)35/h1-16,21-22H,17-20,23H2,(H,34,35). The number of nitrogens with zero attached hydrogens (tertiary/aromatic N) is 1. The third-order valence-electron chi connectivity index (χ3n) is 6.08. The SMILES string of the molecule is O=C(O)c1cccc(-c2cccc(CN(CCc3ccccc3)C(=O)CCc3ccccc3)c2)c1. The van der Waals surface area contributed by atoms with Gasteiger partial charge in [0.2, 0.25) is 5.91 Å². The molecule has 0 saturated heterocycles. The summed E-state index contributed by atoms with van der Waals surface area (Å²) in [6.07, 6.45) is 1.96. The fourth-order valence-corrected chi connectivity index (χ4v) is 4.16. The molecule has 4 nitrogen and oxygen atoms in total. The maximum absolute atomic E-state index is 13.3. The Morgan fingerprint density at radius 1 is 0.629 bits per heavy atom. The zero-order valence-electron chi connectivity index (χ0n) is 19.6. The molecule has 0 aliphatic carbocycles. The third-order valence-corrected chi connectivity index (χ3v) is 6.08. The van der Waals surface area contributed by atoms with E-state index in [0.29, 0.717) is 25.9 Å². The first-order valence-electron chi connectivity index (χ1n) is 11.9. The Hall–Kier alpha value is -4.18. The highest BCUT2D eigenvalue weighted by molar-refractivity contribution is 5.89. The fraction of sp³-hybridized carbons (Fsp3) is 0.161. The van der Waals surface area contributed by atoms with E-state index in [1.165, 1.54) is 5.56 Å². The third kappa shape index (κ3) is 6.90. The quantitative estimate of drug-likeness (QED) is 0.302. The summed E-state index contributed by atoms with van der Waals surface area (Å²) in [4.78, 5) is 26.6. The smallest absolute Gasteiger partial charge is 0.335 e. The minimum atomic E-state index is -0.945. The van der Waals surface area contributed by atoms with E-state index >= 15 is 0 Å². The van der Waals surface area contributed by atoms with Gasteiger partial charge in [-0.25, -0.2) is 4.79 Å². The van der Waals surface area contributed by atoms with Crippen LogP contribution in [0.25, 0.3) is 11.1 Å². The van der Waals surface area contributed by atoms with Crippen molar-refractivity contribution in [1.82, 2.24) is 4.90 Å². The summed E-state index contributed by atoms with van der Waals surface area (Å²) in [6.45, 7) is 1.14. The van der Waals surface area contributed by atoms with Gasteiger partial charge in [-0.1, -0.05) is 91.0 Å². The second-order valence-electron chi connectivity index (χ2n) is 8.62. The molecule has 35 heavy (non-hydrogen) atoms. The Kier molecular flexibility index (Phi) is 8.08. The molecule has 4 heteroatoms. The Morgan fingerprint density at radius 3 is 1.86 bits per heavy atom. The lowest BCUT2D eigenvalue weighted by atomic mass is 10.0. The van der Waals surface area contributed by atoms with Gasteiger partial charge >= 0.3 is 5.97 Å². The second kappa shape index (κ2) is 11.8. The number of aryl methyl sites for hydroxylation is 1. The fourth-order valence-electron chi connectivity index (χ4n) is 4.16. The molecule has 0 fully saturated rings. The zero-order valence-corrected chi connectivity index (χ0v) is 19.6. The molecule has 0 radical (unpaired) electrons. The van der Waals surface area contributed by atoms with Gasteiger partial charge in [-0.2, -0.15) is 0 Å². The van der Waals surface area contributed by atoms with Gasteiger partial charge in [0, 0.05) is 19.5 Å². The van der Waals surface area contributed by atoms with E-state index in [2.05, 4.69) is 24.3 Å². The molecule has 0 heterocycles. The predicted molar refractivity (Wildman–Crippen MR) is 139 cm³/mol. The van der Waals surface area contributed by atoms with E-state index in [1.54, 1.807) is 18.2 Å². The van der Waals surface area contributed by atoms with Gasteiger partial charge in [0.05, 0.1) is 5.56 Å². The van der Waals surface area contributed by atoms with Crippen LogP contribution in [0, 0.1) is 0 Å². The molecule has 4 aromatic rings. The molecule has 0 spiro atoms. The van der Waals surface area contributed by atoms with Crippen LogP contribution < -0.4 is 0 Å².